The third-order valence-electron chi connectivity index (χ3n) is 3.24. The van der Waals surface area contributed by atoms with Gasteiger partial charge < -0.3 is 0 Å². The summed E-state index contributed by atoms with van der Waals surface area (Å²) < 4.78 is 12.2. The number of aryl methyl sites for hydroxylation is 2. The molecule has 0 spiro atoms. The van der Waals surface area contributed by atoms with E-state index in [1.54, 1.807) is 0 Å². The molecule has 0 atom stereocenters. The molecular formula is C18H23ClO2P+. The molecular weight excluding hydrogens is 315 g/mol. The quantitative estimate of drug-likeness (QED) is 0.532. The minimum absolute atomic E-state index is 0.729. The van der Waals surface area contributed by atoms with Crippen LogP contribution >= 0.6 is 18.3 Å². The lowest BCUT2D eigenvalue weighted by molar-refractivity contribution is 0.477. The molecule has 118 valence electrons. The van der Waals surface area contributed by atoms with Gasteiger partial charge in [-0.2, -0.15) is 0 Å². The van der Waals surface area contributed by atoms with Crippen LogP contribution in [0.3, 0.4) is 0 Å². The molecule has 0 bridgehead atoms. The molecule has 4 heteroatoms. The summed E-state index contributed by atoms with van der Waals surface area (Å²) in [5.74, 6) is 1.54. The van der Waals surface area contributed by atoms with Gasteiger partial charge in [-0.15, -0.1) is 0 Å². The average molecular weight is 338 g/mol. The van der Waals surface area contributed by atoms with Gasteiger partial charge in [0.1, 0.15) is 6.16 Å². The molecule has 0 aliphatic carbocycles. The lowest BCUT2D eigenvalue weighted by Gasteiger charge is -2.18. The van der Waals surface area contributed by atoms with Crippen LogP contribution in [0.5, 0.6) is 11.5 Å². The molecule has 2 nitrogen and oxygen atoms in total. The molecule has 0 aromatic heterocycles. The maximum absolute atomic E-state index is 6.76. The second-order valence-corrected chi connectivity index (χ2v) is 9.02. The van der Waals surface area contributed by atoms with Crippen LogP contribution in [0.25, 0.3) is 0 Å². The molecule has 0 aliphatic heterocycles. The van der Waals surface area contributed by atoms with Crippen molar-refractivity contribution in [1.82, 2.24) is 0 Å². The summed E-state index contributed by atoms with van der Waals surface area (Å²) in [4.78, 5) is 0. The highest BCUT2D eigenvalue weighted by atomic mass is 35.7. The molecule has 0 fully saturated rings. The molecule has 2 rings (SSSR count). The van der Waals surface area contributed by atoms with E-state index >= 15 is 0 Å². The zero-order valence-electron chi connectivity index (χ0n) is 13.4. The Morgan fingerprint density at radius 1 is 0.909 bits per heavy atom. The zero-order chi connectivity index (χ0) is 16.0. The van der Waals surface area contributed by atoms with Gasteiger partial charge in [0.2, 0.25) is 0 Å². The van der Waals surface area contributed by atoms with Gasteiger partial charge in [0, 0.05) is 0 Å². The minimum atomic E-state index is -2.50. The van der Waals surface area contributed by atoms with E-state index < -0.39 is 7.07 Å². The number of rotatable bonds is 7. The van der Waals surface area contributed by atoms with E-state index in [0.717, 1.165) is 41.6 Å². The van der Waals surface area contributed by atoms with Crippen molar-refractivity contribution in [3.05, 3.63) is 59.7 Å². The Morgan fingerprint density at radius 3 is 1.82 bits per heavy atom. The standard InChI is InChI=1S/C18H23ClO2P/c1-4-5-12-22(19,20-17-10-6-8-15(2)13-17)21-18-11-7-9-16(3)14-18/h6-11,13-14H,4-5,12H2,1-3H3/q+1. The van der Waals surface area contributed by atoms with Crippen LogP contribution < -0.4 is 9.05 Å². The lowest BCUT2D eigenvalue weighted by atomic mass is 10.2. The van der Waals surface area contributed by atoms with E-state index in [1.807, 2.05) is 62.4 Å². The van der Waals surface area contributed by atoms with Crippen LogP contribution in [0.2, 0.25) is 0 Å². The van der Waals surface area contributed by atoms with Crippen molar-refractivity contribution in [3.8, 4) is 11.5 Å². The number of hydrogen-bond acceptors (Lipinski definition) is 2. The number of hydrogen-bond donors (Lipinski definition) is 0. The first-order valence-corrected chi connectivity index (χ1v) is 10.3. The van der Waals surface area contributed by atoms with Gasteiger partial charge in [-0.3, -0.25) is 9.05 Å². The Bertz CT molecular complexity index is 568. The van der Waals surface area contributed by atoms with Crippen molar-refractivity contribution in [1.29, 1.82) is 0 Å². The van der Waals surface area contributed by atoms with E-state index in [-0.39, 0.29) is 0 Å². The lowest BCUT2D eigenvalue weighted by Crippen LogP contribution is -2.07. The summed E-state index contributed by atoms with van der Waals surface area (Å²) in [6.45, 7) is 6.21. The highest BCUT2D eigenvalue weighted by Crippen LogP contribution is 2.65. The first-order valence-electron chi connectivity index (χ1n) is 7.61. The number of halogens is 1. The van der Waals surface area contributed by atoms with Gasteiger partial charge in [0.25, 0.3) is 0 Å². The van der Waals surface area contributed by atoms with Gasteiger partial charge in [-0.25, -0.2) is 0 Å². The summed E-state index contributed by atoms with van der Waals surface area (Å²) in [6, 6.07) is 15.8. The smallest absolute Gasteiger partial charge is 0.291 e. The van der Waals surface area contributed by atoms with Crippen molar-refractivity contribution >= 4 is 18.3 Å². The molecule has 0 aliphatic rings. The third-order valence-corrected chi connectivity index (χ3v) is 5.98. The van der Waals surface area contributed by atoms with Gasteiger partial charge >= 0.3 is 7.07 Å². The molecule has 2 aromatic rings. The SMILES string of the molecule is CCCC[P+](Cl)(Oc1cccc(C)c1)Oc1cccc(C)c1. The zero-order valence-corrected chi connectivity index (χ0v) is 15.0. The second-order valence-electron chi connectivity index (χ2n) is 5.48. The maximum Gasteiger partial charge on any atom is 0.459 e. The molecule has 22 heavy (non-hydrogen) atoms. The van der Waals surface area contributed by atoms with Crippen LogP contribution in [0.1, 0.15) is 30.9 Å². The predicted molar refractivity (Wildman–Crippen MR) is 96.2 cm³/mol. The topological polar surface area (TPSA) is 18.5 Å². The number of unbranched alkanes of at least 4 members (excludes halogenated alkanes) is 1. The van der Waals surface area contributed by atoms with E-state index in [9.17, 15) is 0 Å². The molecule has 0 heterocycles. The fraction of sp³-hybridized carbons (Fsp3) is 0.333. The highest BCUT2D eigenvalue weighted by molar-refractivity contribution is 7.92. The molecule has 0 N–H and O–H groups in total. The third kappa shape index (κ3) is 5.19. The fourth-order valence-electron chi connectivity index (χ4n) is 2.12. The van der Waals surface area contributed by atoms with Crippen molar-refractivity contribution in [2.75, 3.05) is 6.16 Å². The molecule has 0 unspecified atom stereocenters. The van der Waals surface area contributed by atoms with E-state index in [0.29, 0.717) is 0 Å². The number of benzene rings is 2. The van der Waals surface area contributed by atoms with Crippen molar-refractivity contribution in [3.63, 3.8) is 0 Å². The van der Waals surface area contributed by atoms with E-state index in [4.69, 9.17) is 20.3 Å². The Morgan fingerprint density at radius 2 is 1.41 bits per heavy atom. The van der Waals surface area contributed by atoms with Crippen molar-refractivity contribution < 1.29 is 9.05 Å². The van der Waals surface area contributed by atoms with Crippen molar-refractivity contribution in [2.45, 2.75) is 33.6 Å². The Balaban J connectivity index is 2.19. The van der Waals surface area contributed by atoms with Crippen LogP contribution in [-0.2, 0) is 0 Å². The molecule has 0 radical (unpaired) electrons. The van der Waals surface area contributed by atoms with Gasteiger partial charge in [-0.1, -0.05) is 37.6 Å². The summed E-state index contributed by atoms with van der Waals surface area (Å²) in [5.41, 5.74) is 2.29. The Hall–Kier alpha value is -1.24. The second kappa shape index (κ2) is 7.85. The first kappa shape index (κ1) is 17.1. The van der Waals surface area contributed by atoms with E-state index in [1.165, 1.54) is 0 Å². The van der Waals surface area contributed by atoms with Crippen LogP contribution in [0.4, 0.5) is 0 Å². The summed E-state index contributed by atoms with van der Waals surface area (Å²) in [7, 11) is -2.50. The van der Waals surface area contributed by atoms with Gasteiger partial charge in [-0.05, 0) is 55.7 Å². The summed E-state index contributed by atoms with van der Waals surface area (Å²) in [6.07, 6.45) is 2.77. The van der Waals surface area contributed by atoms with Crippen molar-refractivity contribution in [2.24, 2.45) is 0 Å². The van der Waals surface area contributed by atoms with Crippen LogP contribution in [0.15, 0.2) is 48.5 Å². The highest BCUT2D eigenvalue weighted by Gasteiger charge is 2.43. The van der Waals surface area contributed by atoms with Gasteiger partial charge in [0.05, 0.1) is 0 Å². The van der Waals surface area contributed by atoms with Crippen LogP contribution in [-0.4, -0.2) is 6.16 Å². The van der Waals surface area contributed by atoms with Gasteiger partial charge in [0.15, 0.2) is 22.7 Å². The normalized spacial score (nSPS) is 11.3. The maximum atomic E-state index is 6.76. The monoisotopic (exact) mass is 337 g/mol. The fourth-order valence-corrected chi connectivity index (χ4v) is 4.72. The average Bonchev–Trinajstić information content (AvgIpc) is 2.45. The summed E-state index contributed by atoms with van der Waals surface area (Å²) >= 11 is 6.76. The van der Waals surface area contributed by atoms with E-state index in [2.05, 4.69) is 6.92 Å². The molecule has 0 amide bonds. The molecule has 0 saturated heterocycles. The summed E-state index contributed by atoms with van der Waals surface area (Å²) in [5, 5.41) is 0. The first-order chi connectivity index (χ1) is 10.5. The predicted octanol–water partition coefficient (Wildman–Crippen LogP) is 6.56. The Labute approximate surface area is 138 Å². The largest absolute Gasteiger partial charge is 0.459 e. The Kier molecular flexibility index (Phi) is 6.11. The molecule has 0 saturated carbocycles. The molecule has 2 aromatic carbocycles. The van der Waals surface area contributed by atoms with Crippen LogP contribution in [0, 0.1) is 13.8 Å². The minimum Gasteiger partial charge on any atom is -0.291 e.